The van der Waals surface area contributed by atoms with Gasteiger partial charge in [0, 0.05) is 11.7 Å². The van der Waals surface area contributed by atoms with Crippen molar-refractivity contribution in [1.82, 2.24) is 4.98 Å². The zero-order valence-corrected chi connectivity index (χ0v) is 10.6. The molecule has 0 spiro atoms. The van der Waals surface area contributed by atoms with Crippen molar-refractivity contribution in [3.05, 3.63) is 22.8 Å². The first kappa shape index (κ1) is 11.5. The standard InChI is InChI=1S/C11H17BrN2/c1-4-11(3,5-2)14-10-9(12)7-6-8-13-10/h6-8H,4-5H2,1-3H3,(H,13,14). The highest BCUT2D eigenvalue weighted by atomic mass is 79.9. The van der Waals surface area contributed by atoms with Gasteiger partial charge in [-0.15, -0.1) is 0 Å². The first-order valence-corrected chi connectivity index (χ1v) is 5.79. The molecule has 0 aliphatic carbocycles. The lowest BCUT2D eigenvalue weighted by Gasteiger charge is -2.29. The van der Waals surface area contributed by atoms with Gasteiger partial charge in [-0.1, -0.05) is 13.8 Å². The van der Waals surface area contributed by atoms with E-state index in [1.54, 1.807) is 6.20 Å². The van der Waals surface area contributed by atoms with Crippen molar-refractivity contribution >= 4 is 21.7 Å². The number of aromatic nitrogens is 1. The minimum atomic E-state index is 0.136. The van der Waals surface area contributed by atoms with E-state index in [1.165, 1.54) is 0 Å². The number of rotatable bonds is 4. The van der Waals surface area contributed by atoms with Gasteiger partial charge < -0.3 is 5.32 Å². The molecule has 1 aromatic heterocycles. The van der Waals surface area contributed by atoms with E-state index in [1.807, 2.05) is 12.1 Å². The third-order valence-corrected chi connectivity index (χ3v) is 3.38. The smallest absolute Gasteiger partial charge is 0.140 e. The molecular weight excluding hydrogens is 240 g/mol. The maximum absolute atomic E-state index is 4.30. The number of nitrogens with zero attached hydrogens (tertiary/aromatic N) is 1. The Kier molecular flexibility index (Phi) is 3.93. The van der Waals surface area contributed by atoms with Crippen molar-refractivity contribution in [2.45, 2.75) is 39.2 Å². The number of pyridine rings is 1. The summed E-state index contributed by atoms with van der Waals surface area (Å²) in [4.78, 5) is 4.30. The van der Waals surface area contributed by atoms with Crippen molar-refractivity contribution < 1.29 is 0 Å². The molecule has 0 saturated heterocycles. The fourth-order valence-electron chi connectivity index (χ4n) is 1.19. The van der Waals surface area contributed by atoms with Gasteiger partial charge in [-0.25, -0.2) is 4.98 Å². The topological polar surface area (TPSA) is 24.9 Å². The van der Waals surface area contributed by atoms with Crippen LogP contribution in [-0.4, -0.2) is 10.5 Å². The molecule has 0 aromatic carbocycles. The van der Waals surface area contributed by atoms with Gasteiger partial charge in [0.25, 0.3) is 0 Å². The minimum Gasteiger partial charge on any atom is -0.364 e. The summed E-state index contributed by atoms with van der Waals surface area (Å²) in [5.74, 6) is 0.929. The molecule has 0 fully saturated rings. The maximum atomic E-state index is 4.30. The Hall–Kier alpha value is -0.570. The highest BCUT2D eigenvalue weighted by Crippen LogP contribution is 2.25. The Bertz CT molecular complexity index is 295. The molecular formula is C11H17BrN2. The van der Waals surface area contributed by atoms with Crippen molar-refractivity contribution in [1.29, 1.82) is 0 Å². The number of hydrogen-bond donors (Lipinski definition) is 1. The van der Waals surface area contributed by atoms with Crippen LogP contribution in [0.2, 0.25) is 0 Å². The predicted molar refractivity (Wildman–Crippen MR) is 64.5 cm³/mol. The Morgan fingerprint density at radius 2 is 2.07 bits per heavy atom. The predicted octanol–water partition coefficient (Wildman–Crippen LogP) is 3.83. The number of hydrogen-bond acceptors (Lipinski definition) is 2. The molecule has 1 aromatic rings. The largest absolute Gasteiger partial charge is 0.364 e. The van der Waals surface area contributed by atoms with E-state index >= 15 is 0 Å². The second-order valence-electron chi connectivity index (χ2n) is 3.73. The normalized spacial score (nSPS) is 11.4. The van der Waals surface area contributed by atoms with Gasteiger partial charge in [-0.3, -0.25) is 0 Å². The SMILES string of the molecule is CCC(C)(CC)Nc1ncccc1Br. The summed E-state index contributed by atoms with van der Waals surface area (Å²) in [6, 6.07) is 3.92. The van der Waals surface area contributed by atoms with Gasteiger partial charge >= 0.3 is 0 Å². The van der Waals surface area contributed by atoms with Crippen LogP contribution in [-0.2, 0) is 0 Å². The fraction of sp³-hybridized carbons (Fsp3) is 0.545. The molecule has 3 heteroatoms. The summed E-state index contributed by atoms with van der Waals surface area (Å²) in [5.41, 5.74) is 0.136. The summed E-state index contributed by atoms with van der Waals surface area (Å²) in [6.45, 7) is 6.59. The molecule has 0 aliphatic heterocycles. The van der Waals surface area contributed by atoms with E-state index in [0.29, 0.717) is 0 Å². The van der Waals surface area contributed by atoms with E-state index in [0.717, 1.165) is 23.1 Å². The van der Waals surface area contributed by atoms with Crippen molar-refractivity contribution in [3.8, 4) is 0 Å². The molecule has 1 N–H and O–H groups in total. The number of nitrogens with one attached hydrogen (secondary N) is 1. The summed E-state index contributed by atoms with van der Waals surface area (Å²) in [6.07, 6.45) is 3.98. The molecule has 0 amide bonds. The minimum absolute atomic E-state index is 0.136. The first-order chi connectivity index (χ1) is 6.61. The average molecular weight is 257 g/mol. The van der Waals surface area contributed by atoms with E-state index in [9.17, 15) is 0 Å². The lowest BCUT2D eigenvalue weighted by Crippen LogP contribution is -2.33. The van der Waals surface area contributed by atoms with E-state index in [2.05, 4.69) is 47.0 Å². The van der Waals surface area contributed by atoms with Crippen molar-refractivity contribution in [2.75, 3.05) is 5.32 Å². The summed E-state index contributed by atoms with van der Waals surface area (Å²) in [7, 11) is 0. The Morgan fingerprint density at radius 1 is 1.43 bits per heavy atom. The molecule has 0 radical (unpaired) electrons. The molecule has 0 unspecified atom stereocenters. The van der Waals surface area contributed by atoms with Crippen LogP contribution in [0, 0.1) is 0 Å². The van der Waals surface area contributed by atoms with Crippen LogP contribution in [0.3, 0.4) is 0 Å². The van der Waals surface area contributed by atoms with Gasteiger partial charge in [0.2, 0.25) is 0 Å². The number of halogens is 1. The second kappa shape index (κ2) is 4.78. The molecule has 1 heterocycles. The highest BCUT2D eigenvalue weighted by molar-refractivity contribution is 9.10. The first-order valence-electron chi connectivity index (χ1n) is 5.00. The van der Waals surface area contributed by atoms with Crippen LogP contribution < -0.4 is 5.32 Å². The third-order valence-electron chi connectivity index (χ3n) is 2.74. The number of anilines is 1. The van der Waals surface area contributed by atoms with Crippen LogP contribution in [0.15, 0.2) is 22.8 Å². The molecule has 2 nitrogen and oxygen atoms in total. The van der Waals surface area contributed by atoms with E-state index < -0.39 is 0 Å². The lowest BCUT2D eigenvalue weighted by atomic mass is 9.96. The van der Waals surface area contributed by atoms with Crippen molar-refractivity contribution in [3.63, 3.8) is 0 Å². The summed E-state index contributed by atoms with van der Waals surface area (Å²) >= 11 is 3.48. The van der Waals surface area contributed by atoms with Gasteiger partial charge in [-0.2, -0.15) is 0 Å². The molecule has 0 atom stereocenters. The average Bonchev–Trinajstić information content (AvgIpc) is 2.21. The van der Waals surface area contributed by atoms with Crippen LogP contribution in [0.5, 0.6) is 0 Å². The summed E-state index contributed by atoms with van der Waals surface area (Å²) in [5, 5.41) is 3.47. The van der Waals surface area contributed by atoms with Gasteiger partial charge in [0.1, 0.15) is 5.82 Å². The van der Waals surface area contributed by atoms with Gasteiger partial charge in [0.05, 0.1) is 4.47 Å². The van der Waals surface area contributed by atoms with Crippen LogP contribution in [0.25, 0.3) is 0 Å². The van der Waals surface area contributed by atoms with Gasteiger partial charge in [-0.05, 0) is 47.8 Å². The lowest BCUT2D eigenvalue weighted by molar-refractivity contribution is 0.476. The Balaban J connectivity index is 2.82. The van der Waals surface area contributed by atoms with Crippen LogP contribution >= 0.6 is 15.9 Å². The maximum Gasteiger partial charge on any atom is 0.140 e. The second-order valence-corrected chi connectivity index (χ2v) is 4.58. The van der Waals surface area contributed by atoms with E-state index in [-0.39, 0.29) is 5.54 Å². The summed E-state index contributed by atoms with van der Waals surface area (Å²) < 4.78 is 1.02. The zero-order chi connectivity index (χ0) is 10.6. The van der Waals surface area contributed by atoms with Crippen LogP contribution in [0.1, 0.15) is 33.6 Å². The van der Waals surface area contributed by atoms with Crippen LogP contribution in [0.4, 0.5) is 5.82 Å². The molecule has 0 bridgehead atoms. The molecule has 0 saturated carbocycles. The molecule has 14 heavy (non-hydrogen) atoms. The molecule has 1 rings (SSSR count). The quantitative estimate of drug-likeness (QED) is 0.886. The molecule has 0 aliphatic rings. The monoisotopic (exact) mass is 256 g/mol. The molecule has 78 valence electrons. The van der Waals surface area contributed by atoms with E-state index in [4.69, 9.17) is 0 Å². The van der Waals surface area contributed by atoms with Gasteiger partial charge in [0.15, 0.2) is 0 Å². The van der Waals surface area contributed by atoms with Crippen molar-refractivity contribution in [2.24, 2.45) is 0 Å². The zero-order valence-electron chi connectivity index (χ0n) is 8.97. The highest BCUT2D eigenvalue weighted by Gasteiger charge is 2.20. The Morgan fingerprint density at radius 3 is 2.57 bits per heavy atom. The Labute approximate surface area is 94.3 Å². The third kappa shape index (κ3) is 2.71. The fourth-order valence-corrected chi connectivity index (χ4v) is 1.54.